The summed E-state index contributed by atoms with van der Waals surface area (Å²) in [4.78, 5) is 7.72. The van der Waals surface area contributed by atoms with Crippen LogP contribution < -0.4 is 11.5 Å². The van der Waals surface area contributed by atoms with E-state index in [1.165, 1.54) is 6.34 Å². The Morgan fingerprint density at radius 2 is 2.36 bits per heavy atom. The van der Waals surface area contributed by atoms with E-state index in [2.05, 4.69) is 9.98 Å². The summed E-state index contributed by atoms with van der Waals surface area (Å²) in [7, 11) is 0. The highest BCUT2D eigenvalue weighted by atomic mass is 14.9. The van der Waals surface area contributed by atoms with Gasteiger partial charge in [-0.2, -0.15) is 0 Å². The molecule has 0 bridgehead atoms. The second-order valence-electron chi connectivity index (χ2n) is 2.18. The summed E-state index contributed by atoms with van der Waals surface area (Å²) in [6, 6.07) is 1.78. The Morgan fingerprint density at radius 3 is 2.91 bits per heavy atom. The summed E-state index contributed by atoms with van der Waals surface area (Å²) in [5, 5.41) is 0. The average Bonchev–Trinajstić information content (AvgIpc) is 1.98. The molecule has 0 saturated heterocycles. The number of anilines is 1. The lowest BCUT2D eigenvalue weighted by molar-refractivity contribution is 1.25. The molecule has 1 aromatic rings. The minimum atomic E-state index is 0.583. The Kier molecular flexibility index (Phi) is 2.06. The fourth-order valence-corrected chi connectivity index (χ4v) is 0.699. The number of pyridine rings is 1. The lowest BCUT2D eigenvalue weighted by Crippen LogP contribution is -1.91. The van der Waals surface area contributed by atoms with Gasteiger partial charge in [-0.3, -0.25) is 0 Å². The first kappa shape index (κ1) is 7.53. The van der Waals surface area contributed by atoms with Gasteiger partial charge in [0.05, 0.1) is 18.2 Å². The van der Waals surface area contributed by atoms with Crippen molar-refractivity contribution in [2.24, 2.45) is 10.7 Å². The van der Waals surface area contributed by atoms with E-state index in [9.17, 15) is 0 Å². The number of nitrogens with zero attached hydrogens (tertiary/aromatic N) is 2. The second-order valence-corrected chi connectivity index (χ2v) is 2.18. The van der Waals surface area contributed by atoms with Crippen molar-refractivity contribution in [1.82, 2.24) is 4.98 Å². The Morgan fingerprint density at radius 1 is 1.64 bits per heavy atom. The van der Waals surface area contributed by atoms with Gasteiger partial charge in [-0.1, -0.05) is 0 Å². The molecule has 0 fully saturated rings. The molecule has 0 unspecified atom stereocenters. The zero-order valence-electron chi connectivity index (χ0n) is 6.28. The standard InChI is InChI=1S/C7H10N4/c1-5-2-7(11-4-8)10-3-6(5)9/h2-4H,9H2,1H3,(H2,8,10,11). The van der Waals surface area contributed by atoms with E-state index >= 15 is 0 Å². The van der Waals surface area contributed by atoms with Gasteiger partial charge in [0.2, 0.25) is 0 Å². The number of aliphatic imine (C=N–C) groups is 1. The van der Waals surface area contributed by atoms with Gasteiger partial charge >= 0.3 is 0 Å². The van der Waals surface area contributed by atoms with Crippen molar-refractivity contribution in [3.05, 3.63) is 17.8 Å². The monoisotopic (exact) mass is 150 g/mol. The van der Waals surface area contributed by atoms with Crippen LogP contribution in [-0.4, -0.2) is 11.3 Å². The first-order valence-electron chi connectivity index (χ1n) is 3.20. The largest absolute Gasteiger partial charge is 0.397 e. The van der Waals surface area contributed by atoms with Crippen molar-refractivity contribution < 1.29 is 0 Å². The third-order valence-electron chi connectivity index (χ3n) is 1.34. The lowest BCUT2D eigenvalue weighted by Gasteiger charge is -1.98. The van der Waals surface area contributed by atoms with Crippen molar-refractivity contribution in [2.45, 2.75) is 6.92 Å². The van der Waals surface area contributed by atoms with E-state index in [-0.39, 0.29) is 0 Å². The molecule has 11 heavy (non-hydrogen) atoms. The van der Waals surface area contributed by atoms with Gasteiger partial charge in [-0.05, 0) is 18.6 Å². The van der Waals surface area contributed by atoms with Crippen LogP contribution in [0.3, 0.4) is 0 Å². The molecule has 4 N–H and O–H groups in total. The predicted octanol–water partition coefficient (Wildman–Crippen LogP) is 0.591. The highest BCUT2D eigenvalue weighted by Crippen LogP contribution is 2.14. The van der Waals surface area contributed by atoms with Crippen LogP contribution in [0.4, 0.5) is 11.5 Å². The molecule has 0 spiro atoms. The minimum Gasteiger partial charge on any atom is -0.397 e. The summed E-state index contributed by atoms with van der Waals surface area (Å²) < 4.78 is 0. The Balaban J connectivity index is 3.05. The molecule has 4 heteroatoms. The number of nitrogens with two attached hydrogens (primary N) is 2. The maximum Gasteiger partial charge on any atom is 0.153 e. The summed E-state index contributed by atoms with van der Waals surface area (Å²) in [6.07, 6.45) is 2.77. The third kappa shape index (κ3) is 1.67. The van der Waals surface area contributed by atoms with E-state index in [1.54, 1.807) is 12.3 Å². The molecule has 4 nitrogen and oxygen atoms in total. The van der Waals surface area contributed by atoms with Crippen LogP contribution in [0.25, 0.3) is 0 Å². The number of nitrogen functional groups attached to an aromatic ring is 1. The summed E-state index contributed by atoms with van der Waals surface area (Å²) in [6.45, 7) is 1.90. The van der Waals surface area contributed by atoms with Gasteiger partial charge in [0.15, 0.2) is 5.82 Å². The van der Waals surface area contributed by atoms with Crippen LogP contribution in [0, 0.1) is 6.92 Å². The molecule has 1 rings (SSSR count). The first-order chi connectivity index (χ1) is 5.24. The molecule has 0 aliphatic rings. The highest BCUT2D eigenvalue weighted by Gasteiger charge is 1.94. The van der Waals surface area contributed by atoms with Crippen LogP contribution in [0.5, 0.6) is 0 Å². The predicted molar refractivity (Wildman–Crippen MR) is 45.7 cm³/mol. The molecule has 0 amide bonds. The van der Waals surface area contributed by atoms with Gasteiger partial charge in [0, 0.05) is 0 Å². The number of rotatable bonds is 1. The average molecular weight is 150 g/mol. The topological polar surface area (TPSA) is 77.3 Å². The normalized spacial score (nSPS) is 10.6. The van der Waals surface area contributed by atoms with E-state index in [1.807, 2.05) is 6.92 Å². The third-order valence-corrected chi connectivity index (χ3v) is 1.34. The maximum absolute atomic E-state index is 5.54. The molecule has 0 radical (unpaired) electrons. The van der Waals surface area contributed by atoms with E-state index < -0.39 is 0 Å². The van der Waals surface area contributed by atoms with E-state index in [4.69, 9.17) is 11.5 Å². The molecule has 0 atom stereocenters. The first-order valence-corrected chi connectivity index (χ1v) is 3.20. The molecule has 0 aromatic carbocycles. The highest BCUT2D eigenvalue weighted by molar-refractivity contribution is 5.58. The summed E-state index contributed by atoms with van der Waals surface area (Å²) >= 11 is 0. The zero-order valence-corrected chi connectivity index (χ0v) is 6.28. The van der Waals surface area contributed by atoms with Gasteiger partial charge in [0.25, 0.3) is 0 Å². The fourth-order valence-electron chi connectivity index (χ4n) is 0.699. The van der Waals surface area contributed by atoms with E-state index in [0.717, 1.165) is 5.56 Å². The number of aromatic nitrogens is 1. The minimum absolute atomic E-state index is 0.583. The van der Waals surface area contributed by atoms with Crippen LogP contribution >= 0.6 is 0 Å². The second kappa shape index (κ2) is 3.01. The van der Waals surface area contributed by atoms with Crippen molar-refractivity contribution in [1.29, 1.82) is 0 Å². The quantitative estimate of drug-likeness (QED) is 0.454. The smallest absolute Gasteiger partial charge is 0.153 e. The fraction of sp³-hybridized carbons (Fsp3) is 0.143. The van der Waals surface area contributed by atoms with Crippen molar-refractivity contribution in [3.8, 4) is 0 Å². The maximum atomic E-state index is 5.54. The molecular formula is C7H10N4. The molecule has 0 aliphatic heterocycles. The molecule has 0 aliphatic carbocycles. The van der Waals surface area contributed by atoms with Crippen molar-refractivity contribution in [3.63, 3.8) is 0 Å². The van der Waals surface area contributed by atoms with Crippen molar-refractivity contribution in [2.75, 3.05) is 5.73 Å². The van der Waals surface area contributed by atoms with Gasteiger partial charge in [0.1, 0.15) is 0 Å². The molecule has 58 valence electrons. The van der Waals surface area contributed by atoms with E-state index in [0.29, 0.717) is 11.5 Å². The summed E-state index contributed by atoms with van der Waals surface area (Å²) in [5.74, 6) is 0.583. The summed E-state index contributed by atoms with van der Waals surface area (Å²) in [5.41, 5.74) is 12.3. The van der Waals surface area contributed by atoms with Gasteiger partial charge in [-0.25, -0.2) is 9.98 Å². The SMILES string of the molecule is Cc1cc(N=CN)ncc1N. The Labute approximate surface area is 65.0 Å². The number of hydrogen-bond donors (Lipinski definition) is 2. The molecule has 1 heterocycles. The van der Waals surface area contributed by atoms with Crippen molar-refractivity contribution >= 4 is 17.8 Å². The molecule has 1 aromatic heterocycles. The van der Waals surface area contributed by atoms with Gasteiger partial charge < -0.3 is 11.5 Å². The van der Waals surface area contributed by atoms with Crippen LogP contribution in [0.2, 0.25) is 0 Å². The number of aryl methyl sites for hydroxylation is 1. The van der Waals surface area contributed by atoms with Crippen LogP contribution in [0.1, 0.15) is 5.56 Å². The Hall–Kier alpha value is -1.58. The lowest BCUT2D eigenvalue weighted by atomic mass is 10.2. The van der Waals surface area contributed by atoms with Crippen LogP contribution in [0.15, 0.2) is 17.3 Å². The number of hydrogen-bond acceptors (Lipinski definition) is 3. The molecular weight excluding hydrogens is 140 g/mol. The Bertz CT molecular complexity index is 280. The molecule has 0 saturated carbocycles. The van der Waals surface area contributed by atoms with Gasteiger partial charge in [-0.15, -0.1) is 0 Å². The zero-order chi connectivity index (χ0) is 8.27. The van der Waals surface area contributed by atoms with Crippen LogP contribution in [-0.2, 0) is 0 Å².